The topological polar surface area (TPSA) is 77.3 Å². The fraction of sp³-hybridized carbons (Fsp3) is 0. The Kier molecular flexibility index (Phi) is 2.72. The van der Waals surface area contributed by atoms with E-state index in [2.05, 4.69) is 0 Å². The van der Waals surface area contributed by atoms with Crippen molar-refractivity contribution in [2.45, 2.75) is 4.90 Å². The molecule has 1 rings (SSSR count). The van der Waals surface area contributed by atoms with E-state index in [0.29, 0.717) is 6.07 Å². The minimum atomic E-state index is -4.31. The van der Waals surface area contributed by atoms with Crippen molar-refractivity contribution in [3.63, 3.8) is 0 Å². The first-order chi connectivity index (χ1) is 6.32. The number of nitro groups is 1. The van der Waals surface area contributed by atoms with E-state index in [1.807, 2.05) is 0 Å². The van der Waals surface area contributed by atoms with Gasteiger partial charge in [0.1, 0.15) is 5.82 Å². The summed E-state index contributed by atoms with van der Waals surface area (Å²) < 4.78 is 34.2. The summed E-state index contributed by atoms with van der Waals surface area (Å²) in [4.78, 5) is 8.55. The molecule has 0 saturated carbocycles. The van der Waals surface area contributed by atoms with Crippen molar-refractivity contribution in [3.05, 3.63) is 34.1 Å². The maximum Gasteiger partial charge on any atom is 0.289 e. The molecule has 0 amide bonds. The van der Waals surface area contributed by atoms with Crippen molar-refractivity contribution in [2.24, 2.45) is 0 Å². The second kappa shape index (κ2) is 3.50. The summed E-state index contributed by atoms with van der Waals surface area (Å²) in [5.41, 5.74) is -0.749. The molecular formula is C6H3ClFNO4S. The van der Waals surface area contributed by atoms with Crippen LogP contribution in [0.3, 0.4) is 0 Å². The smallest absolute Gasteiger partial charge is 0.258 e. The summed E-state index contributed by atoms with van der Waals surface area (Å²) in [5, 5.41) is 10.3. The second-order valence-electron chi connectivity index (χ2n) is 2.31. The molecule has 76 valence electrons. The molecule has 1 aromatic carbocycles. The quantitative estimate of drug-likeness (QED) is 0.447. The molecule has 14 heavy (non-hydrogen) atoms. The van der Waals surface area contributed by atoms with Crippen LogP contribution in [0.15, 0.2) is 23.1 Å². The maximum absolute atomic E-state index is 12.6. The van der Waals surface area contributed by atoms with Crippen molar-refractivity contribution < 1.29 is 17.7 Å². The molecule has 0 aromatic heterocycles. The third-order valence-corrected chi connectivity index (χ3v) is 2.73. The lowest BCUT2D eigenvalue weighted by Gasteiger charge is -1.98. The van der Waals surface area contributed by atoms with E-state index in [0.717, 1.165) is 12.1 Å². The Hall–Kier alpha value is -1.21. The van der Waals surface area contributed by atoms with Gasteiger partial charge in [0.25, 0.3) is 14.7 Å². The highest BCUT2D eigenvalue weighted by molar-refractivity contribution is 8.13. The molecule has 0 radical (unpaired) electrons. The highest BCUT2D eigenvalue weighted by Gasteiger charge is 2.24. The monoisotopic (exact) mass is 239 g/mol. The fourth-order valence-corrected chi connectivity index (χ4v) is 1.85. The Morgan fingerprint density at radius 1 is 1.43 bits per heavy atom. The van der Waals surface area contributed by atoms with E-state index in [1.165, 1.54) is 0 Å². The first-order valence-electron chi connectivity index (χ1n) is 3.21. The van der Waals surface area contributed by atoms with Gasteiger partial charge in [-0.05, 0) is 6.07 Å². The summed E-state index contributed by atoms with van der Waals surface area (Å²) >= 11 is 0. The van der Waals surface area contributed by atoms with Gasteiger partial charge in [0, 0.05) is 22.8 Å². The lowest BCUT2D eigenvalue weighted by atomic mass is 10.3. The van der Waals surface area contributed by atoms with Gasteiger partial charge >= 0.3 is 0 Å². The number of nitro benzene ring substituents is 1. The molecule has 0 atom stereocenters. The van der Waals surface area contributed by atoms with Crippen LogP contribution in [0.2, 0.25) is 0 Å². The minimum Gasteiger partial charge on any atom is -0.258 e. The van der Waals surface area contributed by atoms with Gasteiger partial charge in [0.15, 0.2) is 4.90 Å². The highest BCUT2D eigenvalue weighted by Crippen LogP contribution is 2.26. The van der Waals surface area contributed by atoms with Crippen molar-refractivity contribution in [3.8, 4) is 0 Å². The molecule has 8 heteroatoms. The Labute approximate surface area is 82.7 Å². The van der Waals surface area contributed by atoms with Crippen LogP contribution in [0.25, 0.3) is 0 Å². The number of halogens is 2. The van der Waals surface area contributed by atoms with Crippen LogP contribution in [0.1, 0.15) is 0 Å². The van der Waals surface area contributed by atoms with Gasteiger partial charge in [-0.3, -0.25) is 10.1 Å². The lowest BCUT2D eigenvalue weighted by molar-refractivity contribution is -0.387. The molecule has 5 nitrogen and oxygen atoms in total. The van der Waals surface area contributed by atoms with Gasteiger partial charge in [-0.25, -0.2) is 12.8 Å². The molecule has 0 bridgehead atoms. The van der Waals surface area contributed by atoms with Crippen molar-refractivity contribution in [2.75, 3.05) is 0 Å². The minimum absolute atomic E-state index is 0.500. The Morgan fingerprint density at radius 3 is 2.43 bits per heavy atom. The molecule has 0 aliphatic carbocycles. The summed E-state index contributed by atoms with van der Waals surface area (Å²) in [6.07, 6.45) is 0. The third kappa shape index (κ3) is 2.18. The molecular weight excluding hydrogens is 237 g/mol. The SMILES string of the molecule is O=[N+]([O-])c1ccc(F)cc1S(=O)(=O)Cl. The van der Waals surface area contributed by atoms with Crippen LogP contribution in [0.5, 0.6) is 0 Å². The van der Waals surface area contributed by atoms with Crippen LogP contribution in [0, 0.1) is 15.9 Å². The van der Waals surface area contributed by atoms with Crippen LogP contribution in [-0.2, 0) is 9.05 Å². The first kappa shape index (κ1) is 10.9. The molecule has 0 aliphatic rings. The van der Waals surface area contributed by atoms with E-state index in [-0.39, 0.29) is 0 Å². The molecule has 0 heterocycles. The van der Waals surface area contributed by atoms with Gasteiger partial charge in [0.2, 0.25) is 0 Å². The predicted molar refractivity (Wildman–Crippen MR) is 46.1 cm³/mol. The zero-order chi connectivity index (χ0) is 10.9. The molecule has 0 unspecified atom stereocenters. The van der Waals surface area contributed by atoms with E-state index in [4.69, 9.17) is 10.7 Å². The summed E-state index contributed by atoms with van der Waals surface area (Å²) in [6, 6.07) is 2.02. The average molecular weight is 240 g/mol. The second-order valence-corrected chi connectivity index (χ2v) is 4.84. The molecule has 0 saturated heterocycles. The van der Waals surface area contributed by atoms with Gasteiger partial charge in [0.05, 0.1) is 4.92 Å². The Balaban J connectivity index is 3.54. The Morgan fingerprint density at radius 2 is 2.00 bits per heavy atom. The maximum atomic E-state index is 12.6. The van der Waals surface area contributed by atoms with E-state index in [1.54, 1.807) is 0 Å². The number of nitrogens with zero attached hydrogens (tertiary/aromatic N) is 1. The van der Waals surface area contributed by atoms with Gasteiger partial charge < -0.3 is 0 Å². The van der Waals surface area contributed by atoms with Crippen molar-refractivity contribution >= 4 is 25.4 Å². The number of hydrogen-bond acceptors (Lipinski definition) is 4. The third-order valence-electron chi connectivity index (χ3n) is 1.38. The molecule has 1 aromatic rings. The zero-order valence-electron chi connectivity index (χ0n) is 6.48. The zero-order valence-corrected chi connectivity index (χ0v) is 8.05. The normalized spacial score (nSPS) is 11.3. The summed E-state index contributed by atoms with van der Waals surface area (Å²) in [7, 11) is 0.570. The standard InChI is InChI=1S/C6H3ClFNO4S/c7-14(12,13)6-3-4(8)1-2-5(6)9(10)11/h1-3H. The fourth-order valence-electron chi connectivity index (χ4n) is 0.834. The largest absolute Gasteiger partial charge is 0.289 e. The molecule has 0 fully saturated rings. The van der Waals surface area contributed by atoms with Crippen LogP contribution in [0.4, 0.5) is 10.1 Å². The first-order valence-corrected chi connectivity index (χ1v) is 5.52. The molecule has 0 spiro atoms. The predicted octanol–water partition coefficient (Wildman–Crippen LogP) is 1.66. The van der Waals surface area contributed by atoms with Crippen LogP contribution in [-0.4, -0.2) is 13.3 Å². The van der Waals surface area contributed by atoms with E-state index in [9.17, 15) is 22.9 Å². The van der Waals surface area contributed by atoms with Crippen molar-refractivity contribution in [1.29, 1.82) is 0 Å². The lowest BCUT2D eigenvalue weighted by Crippen LogP contribution is -1.99. The molecule has 0 N–H and O–H groups in total. The van der Waals surface area contributed by atoms with Crippen LogP contribution >= 0.6 is 10.7 Å². The van der Waals surface area contributed by atoms with Crippen LogP contribution < -0.4 is 0 Å². The Bertz CT molecular complexity index is 487. The van der Waals surface area contributed by atoms with Gasteiger partial charge in [-0.15, -0.1) is 0 Å². The summed E-state index contributed by atoms with van der Waals surface area (Å²) in [6.45, 7) is 0. The highest BCUT2D eigenvalue weighted by atomic mass is 35.7. The number of rotatable bonds is 2. The number of hydrogen-bond donors (Lipinski definition) is 0. The van der Waals surface area contributed by atoms with E-state index >= 15 is 0 Å². The average Bonchev–Trinajstić information content (AvgIpc) is 2.01. The summed E-state index contributed by atoms with van der Waals surface area (Å²) in [5.74, 6) is -0.908. The van der Waals surface area contributed by atoms with E-state index < -0.39 is 30.4 Å². The van der Waals surface area contributed by atoms with Gasteiger partial charge in [-0.1, -0.05) is 0 Å². The molecule has 0 aliphatic heterocycles. The number of benzene rings is 1. The van der Waals surface area contributed by atoms with Gasteiger partial charge in [-0.2, -0.15) is 0 Å². The van der Waals surface area contributed by atoms with Crippen molar-refractivity contribution in [1.82, 2.24) is 0 Å².